The van der Waals surface area contributed by atoms with E-state index in [-0.39, 0.29) is 24.5 Å². The molecule has 1 heterocycles. The molecule has 0 spiro atoms. The molecule has 0 aliphatic rings. The zero-order chi connectivity index (χ0) is 19.8. The minimum Gasteiger partial charge on any atom is -0.453 e. The fourth-order valence-electron chi connectivity index (χ4n) is 2.58. The van der Waals surface area contributed by atoms with E-state index in [1.807, 2.05) is 29.6 Å². The topological polar surface area (TPSA) is 72.5 Å². The Kier molecular flexibility index (Phi) is 7.73. The van der Waals surface area contributed by atoms with Crippen molar-refractivity contribution in [2.45, 2.75) is 52.1 Å². The number of para-hydroxylation sites is 1. The predicted molar refractivity (Wildman–Crippen MR) is 107 cm³/mol. The van der Waals surface area contributed by atoms with Gasteiger partial charge in [-0.15, -0.1) is 11.3 Å². The Hall–Kier alpha value is -2.47. The van der Waals surface area contributed by atoms with Crippen molar-refractivity contribution in [1.82, 2.24) is 0 Å². The van der Waals surface area contributed by atoms with Gasteiger partial charge in [0, 0.05) is 12.1 Å². The highest BCUT2D eigenvalue weighted by Crippen LogP contribution is 2.26. The number of ketones is 1. The average molecular weight is 388 g/mol. The van der Waals surface area contributed by atoms with E-state index in [0.717, 1.165) is 17.7 Å². The summed E-state index contributed by atoms with van der Waals surface area (Å²) in [7, 11) is 0. The minimum atomic E-state index is -0.931. The summed E-state index contributed by atoms with van der Waals surface area (Å²) in [5, 5.41) is 4.65. The summed E-state index contributed by atoms with van der Waals surface area (Å²) in [6.07, 6.45) is 0.0530. The number of esters is 1. The molecule has 2 aromatic rings. The molecule has 2 rings (SSSR count). The van der Waals surface area contributed by atoms with Gasteiger partial charge in [0.05, 0.1) is 11.3 Å². The van der Waals surface area contributed by atoms with Crippen LogP contribution in [0.3, 0.4) is 0 Å². The molecule has 2 atom stereocenters. The van der Waals surface area contributed by atoms with Gasteiger partial charge in [-0.2, -0.15) is 0 Å². The molecule has 0 radical (unpaired) electrons. The summed E-state index contributed by atoms with van der Waals surface area (Å²) in [6, 6.07) is 11.1. The number of ether oxygens (including phenoxy) is 1. The lowest BCUT2D eigenvalue weighted by Crippen LogP contribution is -2.30. The van der Waals surface area contributed by atoms with E-state index < -0.39 is 12.1 Å². The number of carbonyl (C=O) groups excluding carboxylic acids is 3. The summed E-state index contributed by atoms with van der Waals surface area (Å²) in [6.45, 7) is 5.71. The molecule has 0 bridgehead atoms. The maximum Gasteiger partial charge on any atom is 0.307 e. The van der Waals surface area contributed by atoms with E-state index in [4.69, 9.17) is 4.74 Å². The normalized spacial score (nSPS) is 12.9. The molecular formula is C21H25NO4S. The Morgan fingerprint density at radius 1 is 1.07 bits per heavy atom. The van der Waals surface area contributed by atoms with Crippen molar-refractivity contribution in [3.05, 3.63) is 52.2 Å². The molecule has 6 heteroatoms. The van der Waals surface area contributed by atoms with E-state index in [1.54, 1.807) is 12.1 Å². The fourth-order valence-corrected chi connectivity index (χ4v) is 3.27. The molecule has 1 aromatic heterocycles. The fraction of sp³-hybridized carbons (Fsp3) is 0.381. The number of hydrogen-bond donors (Lipinski definition) is 1. The number of thiophene rings is 1. The van der Waals surface area contributed by atoms with Crippen LogP contribution in [0, 0.1) is 0 Å². The lowest BCUT2D eigenvalue weighted by molar-refractivity contribution is -0.153. The second kappa shape index (κ2) is 10.0. The molecule has 27 heavy (non-hydrogen) atoms. The number of amides is 1. The first-order valence-corrected chi connectivity index (χ1v) is 9.96. The molecule has 0 unspecified atom stereocenters. The zero-order valence-electron chi connectivity index (χ0n) is 15.9. The van der Waals surface area contributed by atoms with Gasteiger partial charge in [-0.3, -0.25) is 14.4 Å². The van der Waals surface area contributed by atoms with E-state index in [1.165, 1.54) is 18.3 Å². The van der Waals surface area contributed by atoms with Gasteiger partial charge >= 0.3 is 5.97 Å². The maximum absolute atomic E-state index is 12.4. The van der Waals surface area contributed by atoms with Crippen LogP contribution in [-0.4, -0.2) is 23.8 Å². The zero-order valence-corrected chi connectivity index (χ0v) is 16.7. The summed E-state index contributed by atoms with van der Waals surface area (Å²) in [4.78, 5) is 36.9. The van der Waals surface area contributed by atoms with Gasteiger partial charge in [-0.1, -0.05) is 38.1 Å². The monoisotopic (exact) mass is 387 g/mol. The lowest BCUT2D eigenvalue weighted by atomic mass is 9.97. The molecule has 1 amide bonds. The maximum atomic E-state index is 12.4. The van der Waals surface area contributed by atoms with Gasteiger partial charge < -0.3 is 10.1 Å². The summed E-state index contributed by atoms with van der Waals surface area (Å²) >= 11 is 1.34. The lowest BCUT2D eigenvalue weighted by Gasteiger charge is -2.18. The van der Waals surface area contributed by atoms with Crippen LogP contribution in [-0.2, 0) is 14.3 Å². The van der Waals surface area contributed by atoms with Gasteiger partial charge in [0.1, 0.15) is 0 Å². The third-order valence-corrected chi connectivity index (χ3v) is 5.30. The molecule has 0 aliphatic carbocycles. The molecule has 0 fully saturated rings. The standard InChI is InChI=1S/C21H25NO4S/c1-4-14(2)16-8-5-6-9-17(16)22-21(25)15(3)26-20(24)12-11-18(23)19-10-7-13-27-19/h5-10,13-15H,4,11-12H2,1-3H3,(H,22,25)/t14-,15+/m1/s1. The van der Waals surface area contributed by atoms with Crippen LogP contribution in [0.1, 0.15) is 61.2 Å². The highest BCUT2D eigenvalue weighted by atomic mass is 32.1. The molecular weight excluding hydrogens is 362 g/mol. The van der Waals surface area contributed by atoms with E-state index >= 15 is 0 Å². The van der Waals surface area contributed by atoms with Crippen LogP contribution >= 0.6 is 11.3 Å². The predicted octanol–water partition coefficient (Wildman–Crippen LogP) is 4.79. The van der Waals surface area contributed by atoms with Gasteiger partial charge in [0.15, 0.2) is 11.9 Å². The van der Waals surface area contributed by atoms with Crippen LogP contribution in [0.15, 0.2) is 41.8 Å². The Labute approximate surface area is 163 Å². The van der Waals surface area contributed by atoms with Crippen molar-refractivity contribution in [2.75, 3.05) is 5.32 Å². The van der Waals surface area contributed by atoms with Crippen LogP contribution in [0.5, 0.6) is 0 Å². The Morgan fingerprint density at radius 3 is 2.48 bits per heavy atom. The van der Waals surface area contributed by atoms with Crippen molar-refractivity contribution < 1.29 is 19.1 Å². The summed E-state index contributed by atoms with van der Waals surface area (Å²) in [5.41, 5.74) is 1.78. The van der Waals surface area contributed by atoms with Gasteiger partial charge in [-0.25, -0.2) is 0 Å². The number of Topliss-reactive ketones (excluding diaryl/α,β-unsaturated/α-hetero) is 1. The van der Waals surface area contributed by atoms with Crippen molar-refractivity contribution in [2.24, 2.45) is 0 Å². The smallest absolute Gasteiger partial charge is 0.307 e. The van der Waals surface area contributed by atoms with Crippen molar-refractivity contribution >= 4 is 34.7 Å². The van der Waals surface area contributed by atoms with Gasteiger partial charge in [0.2, 0.25) is 0 Å². The first-order valence-electron chi connectivity index (χ1n) is 9.08. The van der Waals surface area contributed by atoms with E-state index in [9.17, 15) is 14.4 Å². The van der Waals surface area contributed by atoms with Crippen LogP contribution in [0.2, 0.25) is 0 Å². The largest absolute Gasteiger partial charge is 0.453 e. The second-order valence-electron chi connectivity index (χ2n) is 6.42. The highest BCUT2D eigenvalue weighted by molar-refractivity contribution is 7.12. The molecule has 5 nitrogen and oxygen atoms in total. The molecule has 144 valence electrons. The Balaban J connectivity index is 1.86. The second-order valence-corrected chi connectivity index (χ2v) is 7.37. The van der Waals surface area contributed by atoms with Crippen molar-refractivity contribution in [3.63, 3.8) is 0 Å². The highest BCUT2D eigenvalue weighted by Gasteiger charge is 2.20. The number of benzene rings is 1. The number of carbonyl (C=O) groups is 3. The molecule has 0 saturated heterocycles. The van der Waals surface area contributed by atoms with Crippen molar-refractivity contribution in [3.8, 4) is 0 Å². The Bertz CT molecular complexity index is 785. The molecule has 0 saturated carbocycles. The molecule has 1 aromatic carbocycles. The third kappa shape index (κ3) is 6.03. The van der Waals surface area contributed by atoms with Crippen LogP contribution in [0.4, 0.5) is 5.69 Å². The van der Waals surface area contributed by atoms with Crippen LogP contribution in [0.25, 0.3) is 0 Å². The molecule has 0 aliphatic heterocycles. The number of nitrogens with one attached hydrogen (secondary N) is 1. The number of rotatable bonds is 9. The van der Waals surface area contributed by atoms with Crippen molar-refractivity contribution in [1.29, 1.82) is 0 Å². The first-order chi connectivity index (χ1) is 12.9. The van der Waals surface area contributed by atoms with E-state index in [2.05, 4.69) is 19.2 Å². The van der Waals surface area contributed by atoms with E-state index in [0.29, 0.717) is 10.8 Å². The first kappa shape index (κ1) is 20.8. The number of hydrogen-bond acceptors (Lipinski definition) is 5. The van der Waals surface area contributed by atoms with Gasteiger partial charge in [0.25, 0.3) is 5.91 Å². The third-order valence-electron chi connectivity index (χ3n) is 4.39. The summed E-state index contributed by atoms with van der Waals surface area (Å²) in [5.74, 6) is -0.731. The van der Waals surface area contributed by atoms with Gasteiger partial charge in [-0.05, 0) is 42.3 Å². The van der Waals surface area contributed by atoms with Crippen LogP contribution < -0.4 is 5.32 Å². The average Bonchev–Trinajstić information content (AvgIpc) is 3.20. The number of anilines is 1. The summed E-state index contributed by atoms with van der Waals surface area (Å²) < 4.78 is 5.18. The quantitative estimate of drug-likeness (QED) is 0.496. The SMILES string of the molecule is CC[C@@H](C)c1ccccc1NC(=O)[C@H](C)OC(=O)CCC(=O)c1cccs1. The minimum absolute atomic E-state index is 0.0438. The molecule has 1 N–H and O–H groups in total. The Morgan fingerprint density at radius 2 is 1.81 bits per heavy atom.